The summed E-state index contributed by atoms with van der Waals surface area (Å²) in [4.78, 5) is 4.08. The van der Waals surface area contributed by atoms with Gasteiger partial charge < -0.3 is 5.73 Å². The Balaban J connectivity index is 2.14. The highest BCUT2D eigenvalue weighted by atomic mass is 15.3. The number of aromatic nitrogens is 3. The molecule has 0 aliphatic heterocycles. The van der Waals surface area contributed by atoms with Crippen molar-refractivity contribution < 1.29 is 0 Å². The molecule has 0 aliphatic carbocycles. The van der Waals surface area contributed by atoms with E-state index in [0.29, 0.717) is 6.54 Å². The first kappa shape index (κ1) is 9.86. The van der Waals surface area contributed by atoms with Gasteiger partial charge in [0.05, 0.1) is 6.20 Å². The van der Waals surface area contributed by atoms with E-state index in [-0.39, 0.29) is 0 Å². The van der Waals surface area contributed by atoms with Crippen molar-refractivity contribution in [2.45, 2.75) is 13.0 Å². The van der Waals surface area contributed by atoms with Gasteiger partial charge in [-0.3, -0.25) is 9.67 Å². The number of aryl methyl sites for hydroxylation is 1. The van der Waals surface area contributed by atoms with Crippen LogP contribution in [0.1, 0.15) is 6.42 Å². The van der Waals surface area contributed by atoms with E-state index in [9.17, 15) is 0 Å². The number of rotatable bonds is 4. The fourth-order valence-electron chi connectivity index (χ4n) is 1.42. The summed E-state index contributed by atoms with van der Waals surface area (Å²) in [6.45, 7) is 1.57. The van der Waals surface area contributed by atoms with Crippen LogP contribution in [0.2, 0.25) is 0 Å². The second kappa shape index (κ2) is 4.70. The molecule has 4 nitrogen and oxygen atoms in total. The maximum absolute atomic E-state index is 5.44. The molecule has 0 bridgehead atoms. The number of hydrogen-bond donors (Lipinski definition) is 1. The summed E-state index contributed by atoms with van der Waals surface area (Å²) in [7, 11) is 0. The Bertz CT molecular complexity index is 408. The average Bonchev–Trinajstić information content (AvgIpc) is 2.76. The fraction of sp³-hybridized carbons (Fsp3) is 0.273. The molecule has 0 radical (unpaired) electrons. The number of hydrogen-bond acceptors (Lipinski definition) is 3. The summed E-state index contributed by atoms with van der Waals surface area (Å²) in [5, 5.41) is 4.26. The first-order valence-corrected chi connectivity index (χ1v) is 5.03. The highest BCUT2D eigenvalue weighted by Gasteiger charge is 2.00. The van der Waals surface area contributed by atoms with Crippen molar-refractivity contribution in [1.82, 2.24) is 14.8 Å². The van der Waals surface area contributed by atoms with E-state index in [0.717, 1.165) is 24.1 Å². The molecule has 0 unspecified atom stereocenters. The van der Waals surface area contributed by atoms with Crippen molar-refractivity contribution in [3.63, 3.8) is 0 Å². The van der Waals surface area contributed by atoms with Gasteiger partial charge in [-0.2, -0.15) is 5.10 Å². The second-order valence-corrected chi connectivity index (χ2v) is 3.38. The molecule has 0 spiro atoms. The lowest BCUT2D eigenvalue weighted by Gasteiger charge is -1.97. The summed E-state index contributed by atoms with van der Waals surface area (Å²) in [6.07, 6.45) is 8.43. The van der Waals surface area contributed by atoms with E-state index in [2.05, 4.69) is 10.1 Å². The molecular weight excluding hydrogens is 188 g/mol. The molecule has 78 valence electrons. The van der Waals surface area contributed by atoms with Crippen molar-refractivity contribution in [1.29, 1.82) is 0 Å². The summed E-state index contributed by atoms with van der Waals surface area (Å²) < 4.78 is 1.91. The van der Waals surface area contributed by atoms with Crippen LogP contribution in [-0.4, -0.2) is 21.3 Å². The highest BCUT2D eigenvalue weighted by molar-refractivity contribution is 5.60. The van der Waals surface area contributed by atoms with Crippen LogP contribution in [0.15, 0.2) is 36.9 Å². The van der Waals surface area contributed by atoms with E-state index < -0.39 is 0 Å². The molecular formula is C11H14N4. The van der Waals surface area contributed by atoms with Gasteiger partial charge in [-0.05, 0) is 19.0 Å². The molecule has 2 heterocycles. The zero-order valence-corrected chi connectivity index (χ0v) is 8.50. The Kier molecular flexibility index (Phi) is 3.09. The third-order valence-corrected chi connectivity index (χ3v) is 2.22. The van der Waals surface area contributed by atoms with Gasteiger partial charge in [0.2, 0.25) is 0 Å². The van der Waals surface area contributed by atoms with Crippen LogP contribution in [0.25, 0.3) is 11.1 Å². The standard InChI is InChI=1S/C11H14N4/c12-4-2-6-15-9-11(8-14-15)10-3-1-5-13-7-10/h1,3,5,7-9H,2,4,6,12H2. The van der Waals surface area contributed by atoms with E-state index in [1.807, 2.05) is 35.4 Å². The maximum atomic E-state index is 5.44. The van der Waals surface area contributed by atoms with Gasteiger partial charge in [-0.1, -0.05) is 6.07 Å². The first-order valence-electron chi connectivity index (χ1n) is 5.03. The normalized spacial score (nSPS) is 10.5. The van der Waals surface area contributed by atoms with Gasteiger partial charge in [0.15, 0.2) is 0 Å². The molecule has 0 saturated carbocycles. The molecule has 0 atom stereocenters. The third-order valence-electron chi connectivity index (χ3n) is 2.22. The quantitative estimate of drug-likeness (QED) is 0.812. The lowest BCUT2D eigenvalue weighted by atomic mass is 10.2. The summed E-state index contributed by atoms with van der Waals surface area (Å²) in [5.74, 6) is 0. The largest absolute Gasteiger partial charge is 0.330 e. The molecule has 0 aromatic carbocycles. The van der Waals surface area contributed by atoms with Crippen molar-refractivity contribution in [3.8, 4) is 11.1 Å². The third kappa shape index (κ3) is 2.41. The van der Waals surface area contributed by atoms with Gasteiger partial charge in [0, 0.05) is 36.3 Å². The van der Waals surface area contributed by atoms with Gasteiger partial charge in [-0.25, -0.2) is 0 Å². The van der Waals surface area contributed by atoms with E-state index in [1.54, 1.807) is 6.20 Å². The smallest absolute Gasteiger partial charge is 0.0568 e. The minimum atomic E-state index is 0.697. The first-order chi connectivity index (χ1) is 7.40. The lowest BCUT2D eigenvalue weighted by Crippen LogP contribution is -2.05. The number of nitrogens with two attached hydrogens (primary N) is 1. The van der Waals surface area contributed by atoms with Crippen LogP contribution < -0.4 is 5.73 Å². The Morgan fingerprint density at radius 2 is 2.20 bits per heavy atom. The topological polar surface area (TPSA) is 56.7 Å². The SMILES string of the molecule is NCCCn1cc(-c2cccnc2)cn1. The average molecular weight is 202 g/mol. The van der Waals surface area contributed by atoms with E-state index >= 15 is 0 Å². The monoisotopic (exact) mass is 202 g/mol. The number of pyridine rings is 1. The van der Waals surface area contributed by atoms with Crippen molar-refractivity contribution >= 4 is 0 Å². The molecule has 0 aliphatic rings. The minimum absolute atomic E-state index is 0.697. The van der Waals surface area contributed by atoms with Crippen LogP contribution in [0.4, 0.5) is 0 Å². The zero-order valence-electron chi connectivity index (χ0n) is 8.50. The van der Waals surface area contributed by atoms with Crippen LogP contribution in [0, 0.1) is 0 Å². The molecule has 2 N–H and O–H groups in total. The molecule has 2 aromatic rings. The molecule has 15 heavy (non-hydrogen) atoms. The van der Waals surface area contributed by atoms with Crippen LogP contribution >= 0.6 is 0 Å². The highest BCUT2D eigenvalue weighted by Crippen LogP contribution is 2.16. The molecule has 2 rings (SSSR count). The van der Waals surface area contributed by atoms with E-state index in [1.165, 1.54) is 0 Å². The fourth-order valence-corrected chi connectivity index (χ4v) is 1.42. The Hall–Kier alpha value is -1.68. The summed E-state index contributed by atoms with van der Waals surface area (Å²) in [5.41, 5.74) is 7.63. The maximum Gasteiger partial charge on any atom is 0.0568 e. The van der Waals surface area contributed by atoms with Crippen molar-refractivity contribution in [3.05, 3.63) is 36.9 Å². The van der Waals surface area contributed by atoms with Crippen LogP contribution in [0.3, 0.4) is 0 Å². The Morgan fingerprint density at radius 3 is 2.93 bits per heavy atom. The molecule has 0 fully saturated rings. The van der Waals surface area contributed by atoms with Gasteiger partial charge in [-0.15, -0.1) is 0 Å². The number of nitrogens with zero attached hydrogens (tertiary/aromatic N) is 3. The summed E-state index contributed by atoms with van der Waals surface area (Å²) in [6, 6.07) is 3.95. The summed E-state index contributed by atoms with van der Waals surface area (Å²) >= 11 is 0. The molecule has 2 aromatic heterocycles. The molecule has 0 amide bonds. The predicted molar refractivity (Wildman–Crippen MR) is 59.1 cm³/mol. The van der Waals surface area contributed by atoms with Crippen molar-refractivity contribution in [2.24, 2.45) is 5.73 Å². The van der Waals surface area contributed by atoms with Crippen LogP contribution in [0.5, 0.6) is 0 Å². The van der Waals surface area contributed by atoms with Gasteiger partial charge >= 0.3 is 0 Å². The Labute approximate surface area is 88.8 Å². The Morgan fingerprint density at radius 1 is 1.27 bits per heavy atom. The van der Waals surface area contributed by atoms with Crippen LogP contribution in [-0.2, 0) is 6.54 Å². The zero-order chi connectivity index (χ0) is 10.5. The van der Waals surface area contributed by atoms with Gasteiger partial charge in [0.25, 0.3) is 0 Å². The van der Waals surface area contributed by atoms with E-state index in [4.69, 9.17) is 5.73 Å². The van der Waals surface area contributed by atoms with Gasteiger partial charge in [0.1, 0.15) is 0 Å². The van der Waals surface area contributed by atoms with Crippen molar-refractivity contribution in [2.75, 3.05) is 6.54 Å². The minimum Gasteiger partial charge on any atom is -0.330 e. The molecule has 4 heteroatoms. The predicted octanol–water partition coefficient (Wildman–Crippen LogP) is 1.29. The lowest BCUT2D eigenvalue weighted by molar-refractivity contribution is 0.585. The second-order valence-electron chi connectivity index (χ2n) is 3.38. The molecule has 0 saturated heterocycles.